The van der Waals surface area contributed by atoms with Gasteiger partial charge in [-0.15, -0.1) is 0 Å². The largest absolute Gasteiger partial charge is 0.459 e. The summed E-state index contributed by atoms with van der Waals surface area (Å²) < 4.78 is 32.3. The lowest BCUT2D eigenvalue weighted by atomic mass is 10.0. The number of pyridine rings is 1. The molecule has 1 aromatic carbocycles. The van der Waals surface area contributed by atoms with Crippen LogP contribution in [0.4, 0.5) is 8.78 Å². The van der Waals surface area contributed by atoms with Crippen LogP contribution in [0.25, 0.3) is 22.2 Å². The molecule has 10 heteroatoms. The molecule has 1 aliphatic heterocycles. The molecule has 0 saturated carbocycles. The number of hydrogen-bond donors (Lipinski definition) is 3. The van der Waals surface area contributed by atoms with Gasteiger partial charge in [-0.2, -0.15) is 0 Å². The average molecular weight is 429 g/mol. The number of hydrazine groups is 1. The Morgan fingerprint density at radius 3 is 2.55 bits per heavy atom. The first kappa shape index (κ1) is 20.9. The van der Waals surface area contributed by atoms with Gasteiger partial charge in [0.05, 0.1) is 23.4 Å². The Labute approximate surface area is 176 Å². The van der Waals surface area contributed by atoms with Crippen molar-refractivity contribution >= 4 is 22.8 Å². The van der Waals surface area contributed by atoms with Gasteiger partial charge in [-0.3, -0.25) is 20.0 Å². The summed E-state index contributed by atoms with van der Waals surface area (Å²) >= 11 is 0. The van der Waals surface area contributed by atoms with E-state index in [0.29, 0.717) is 33.6 Å². The Bertz CT molecular complexity index is 1130. The lowest BCUT2D eigenvalue weighted by molar-refractivity contribution is -0.0494. The quantitative estimate of drug-likeness (QED) is 0.332. The number of aromatic nitrogens is 1. The number of hydrogen-bond acceptors (Lipinski definition) is 6. The van der Waals surface area contributed by atoms with Crippen molar-refractivity contribution in [1.82, 2.24) is 15.3 Å². The minimum absolute atomic E-state index is 0.00573. The number of fused-ring (bicyclic) bond motifs is 1. The molecule has 8 nitrogen and oxygen atoms in total. The maximum atomic E-state index is 13.3. The number of alkyl halides is 2. The molecule has 1 aliphatic rings. The molecule has 4 rings (SSSR count). The highest BCUT2D eigenvalue weighted by Gasteiger charge is 2.35. The Balaban J connectivity index is 1.63. The fourth-order valence-corrected chi connectivity index (χ4v) is 3.61. The fourth-order valence-electron chi connectivity index (χ4n) is 3.61. The van der Waals surface area contributed by atoms with Gasteiger partial charge in [-0.05, 0) is 30.3 Å². The van der Waals surface area contributed by atoms with Crippen molar-refractivity contribution in [2.24, 2.45) is 11.6 Å². The normalized spacial score (nSPS) is 15.8. The first-order valence-electron chi connectivity index (χ1n) is 9.72. The summed E-state index contributed by atoms with van der Waals surface area (Å²) in [6.07, 6.45) is 0.718. The van der Waals surface area contributed by atoms with Gasteiger partial charge in [-0.1, -0.05) is 0 Å². The molecule has 2 aromatic heterocycles. The molecular formula is C21H21F2N5O3. The SMILES string of the molecule is NCc1cc2cc(-c3ccc(C(=O)N4CCC(F)(F)CC4)cn3)cc(C(=O)NN)c2o1. The third-order valence-electron chi connectivity index (χ3n) is 5.33. The van der Waals surface area contributed by atoms with Gasteiger partial charge in [0.1, 0.15) is 11.3 Å². The summed E-state index contributed by atoms with van der Waals surface area (Å²) in [5.41, 5.74) is 9.76. The topological polar surface area (TPSA) is 127 Å². The second-order valence-electron chi connectivity index (χ2n) is 7.41. The zero-order valence-electron chi connectivity index (χ0n) is 16.5. The van der Waals surface area contributed by atoms with Crippen molar-refractivity contribution in [3.63, 3.8) is 0 Å². The number of piperidine rings is 1. The Morgan fingerprint density at radius 2 is 1.94 bits per heavy atom. The van der Waals surface area contributed by atoms with E-state index in [1.54, 1.807) is 30.3 Å². The van der Waals surface area contributed by atoms with E-state index in [1.165, 1.54) is 11.1 Å². The van der Waals surface area contributed by atoms with Crippen LogP contribution in [-0.2, 0) is 6.54 Å². The molecule has 0 atom stereocenters. The number of amides is 2. The number of rotatable bonds is 4. The van der Waals surface area contributed by atoms with E-state index >= 15 is 0 Å². The molecule has 0 radical (unpaired) electrons. The van der Waals surface area contributed by atoms with Crippen LogP contribution in [0.5, 0.6) is 0 Å². The summed E-state index contributed by atoms with van der Waals surface area (Å²) in [7, 11) is 0. The predicted molar refractivity (Wildman–Crippen MR) is 109 cm³/mol. The van der Waals surface area contributed by atoms with E-state index in [0.717, 1.165) is 0 Å². The molecule has 3 heterocycles. The lowest BCUT2D eigenvalue weighted by Gasteiger charge is -2.31. The summed E-state index contributed by atoms with van der Waals surface area (Å²) in [4.78, 5) is 30.6. The molecule has 2 amide bonds. The first-order valence-corrected chi connectivity index (χ1v) is 9.72. The zero-order chi connectivity index (χ0) is 22.2. The molecule has 5 N–H and O–H groups in total. The van der Waals surface area contributed by atoms with Crippen LogP contribution in [0.1, 0.15) is 39.3 Å². The monoisotopic (exact) mass is 429 g/mol. The molecule has 31 heavy (non-hydrogen) atoms. The standard InChI is InChI=1S/C21H21F2N5O3/c22-21(23)3-5-28(6-4-21)20(30)12-1-2-17(26-11-12)13-7-14-8-15(10-24)31-18(14)16(9-13)19(29)27-25/h1-2,7-9,11H,3-6,10,24-25H2,(H,27,29). The highest BCUT2D eigenvalue weighted by atomic mass is 19.3. The number of nitrogens with two attached hydrogens (primary N) is 2. The fraction of sp³-hybridized carbons (Fsp3) is 0.286. The van der Waals surface area contributed by atoms with E-state index in [4.69, 9.17) is 16.0 Å². The number of furan rings is 1. The molecule has 3 aromatic rings. The summed E-state index contributed by atoms with van der Waals surface area (Å²) in [5.74, 6) is 2.22. The van der Waals surface area contributed by atoms with Gasteiger partial charge in [0.25, 0.3) is 17.7 Å². The maximum absolute atomic E-state index is 13.3. The second-order valence-corrected chi connectivity index (χ2v) is 7.41. The van der Waals surface area contributed by atoms with Crippen molar-refractivity contribution in [1.29, 1.82) is 0 Å². The Kier molecular flexibility index (Phi) is 5.42. The number of carbonyl (C=O) groups excluding carboxylic acids is 2. The van der Waals surface area contributed by atoms with Crippen LogP contribution in [0, 0.1) is 0 Å². The van der Waals surface area contributed by atoms with Gasteiger partial charge in [-0.25, -0.2) is 14.6 Å². The van der Waals surface area contributed by atoms with Crippen LogP contribution in [-0.4, -0.2) is 40.7 Å². The number of carbonyl (C=O) groups is 2. The van der Waals surface area contributed by atoms with E-state index in [9.17, 15) is 18.4 Å². The molecule has 1 saturated heterocycles. The van der Waals surface area contributed by atoms with E-state index in [1.807, 2.05) is 0 Å². The molecule has 1 fully saturated rings. The van der Waals surface area contributed by atoms with Gasteiger partial charge < -0.3 is 15.1 Å². The third-order valence-corrected chi connectivity index (χ3v) is 5.33. The minimum Gasteiger partial charge on any atom is -0.459 e. The third kappa shape index (κ3) is 4.12. The predicted octanol–water partition coefficient (Wildman–Crippen LogP) is 2.43. The average Bonchev–Trinajstić information content (AvgIpc) is 3.21. The lowest BCUT2D eigenvalue weighted by Crippen LogP contribution is -2.42. The van der Waals surface area contributed by atoms with Crippen molar-refractivity contribution in [2.45, 2.75) is 25.3 Å². The second kappa shape index (κ2) is 8.05. The summed E-state index contributed by atoms with van der Waals surface area (Å²) in [5, 5.41) is 0.660. The number of nitrogens with zero attached hydrogens (tertiary/aromatic N) is 2. The van der Waals surface area contributed by atoms with Gasteiger partial charge >= 0.3 is 0 Å². The number of nitrogen functional groups attached to an aromatic ring is 1. The molecule has 0 spiro atoms. The summed E-state index contributed by atoms with van der Waals surface area (Å²) in [6, 6.07) is 8.34. The summed E-state index contributed by atoms with van der Waals surface area (Å²) in [6.45, 7) is 0.183. The Hall–Kier alpha value is -3.37. The maximum Gasteiger partial charge on any atom is 0.269 e. The number of benzene rings is 1. The Morgan fingerprint density at radius 1 is 1.19 bits per heavy atom. The van der Waals surface area contributed by atoms with Crippen LogP contribution in [0.2, 0.25) is 0 Å². The molecule has 0 bridgehead atoms. The van der Waals surface area contributed by atoms with Crippen molar-refractivity contribution in [2.75, 3.05) is 13.1 Å². The van der Waals surface area contributed by atoms with Crippen molar-refractivity contribution < 1.29 is 22.8 Å². The zero-order valence-corrected chi connectivity index (χ0v) is 16.5. The van der Waals surface area contributed by atoms with Crippen LogP contribution in [0.15, 0.2) is 40.9 Å². The first-order chi connectivity index (χ1) is 14.8. The molecule has 162 valence electrons. The van der Waals surface area contributed by atoms with Crippen LogP contribution in [0.3, 0.4) is 0 Å². The number of likely N-dealkylation sites (tertiary alicyclic amines) is 1. The van der Waals surface area contributed by atoms with E-state index in [2.05, 4.69) is 10.4 Å². The number of halogens is 2. The molecule has 0 unspecified atom stereocenters. The minimum atomic E-state index is -2.72. The molecular weight excluding hydrogens is 408 g/mol. The highest BCUT2D eigenvalue weighted by Crippen LogP contribution is 2.31. The van der Waals surface area contributed by atoms with Gasteiger partial charge in [0, 0.05) is 43.1 Å². The van der Waals surface area contributed by atoms with Gasteiger partial charge in [0.15, 0.2) is 0 Å². The highest BCUT2D eigenvalue weighted by molar-refractivity contribution is 6.06. The van der Waals surface area contributed by atoms with Crippen molar-refractivity contribution in [3.05, 3.63) is 53.4 Å². The van der Waals surface area contributed by atoms with Gasteiger partial charge in [0.2, 0.25) is 0 Å². The van der Waals surface area contributed by atoms with Crippen LogP contribution < -0.4 is 17.0 Å². The van der Waals surface area contributed by atoms with E-state index < -0.39 is 11.8 Å². The number of nitrogens with one attached hydrogen (secondary N) is 1. The van der Waals surface area contributed by atoms with Crippen LogP contribution >= 0.6 is 0 Å². The molecule has 0 aliphatic carbocycles. The van der Waals surface area contributed by atoms with Crippen molar-refractivity contribution in [3.8, 4) is 11.3 Å². The van der Waals surface area contributed by atoms with E-state index in [-0.39, 0.29) is 43.9 Å². The smallest absolute Gasteiger partial charge is 0.269 e.